The van der Waals surface area contributed by atoms with Gasteiger partial charge < -0.3 is 9.47 Å². The standard InChI is InChI=1S/C17H19BrN2O3/c1-17-5-3-2-4-11(17)15(17)16(21)20-19-8-10-6-13-14(7-12(10)18)23-9-22-13/h6-8,11,15H,2-5,9H2,1H3,(H,20,21). The Morgan fingerprint density at radius 3 is 2.91 bits per heavy atom. The molecule has 2 saturated carbocycles. The van der Waals surface area contributed by atoms with E-state index in [-0.39, 0.29) is 24.0 Å². The Labute approximate surface area is 143 Å². The zero-order valence-electron chi connectivity index (χ0n) is 13.0. The van der Waals surface area contributed by atoms with Gasteiger partial charge in [-0.15, -0.1) is 0 Å². The number of halogens is 1. The summed E-state index contributed by atoms with van der Waals surface area (Å²) in [7, 11) is 0. The first kappa shape index (κ1) is 15.0. The Balaban J connectivity index is 1.41. The fraction of sp³-hybridized carbons (Fsp3) is 0.529. The summed E-state index contributed by atoms with van der Waals surface area (Å²) >= 11 is 3.48. The van der Waals surface area contributed by atoms with Crippen LogP contribution in [0.15, 0.2) is 21.7 Å². The summed E-state index contributed by atoms with van der Waals surface area (Å²) < 4.78 is 11.5. The van der Waals surface area contributed by atoms with Crippen LogP contribution in [0.1, 0.15) is 38.2 Å². The molecule has 3 unspecified atom stereocenters. The van der Waals surface area contributed by atoms with Crippen molar-refractivity contribution in [2.75, 3.05) is 6.79 Å². The minimum Gasteiger partial charge on any atom is -0.454 e. The van der Waals surface area contributed by atoms with Crippen LogP contribution in [0.5, 0.6) is 11.5 Å². The molecule has 0 bridgehead atoms. The molecule has 4 rings (SSSR count). The van der Waals surface area contributed by atoms with Crippen molar-refractivity contribution in [2.45, 2.75) is 32.6 Å². The van der Waals surface area contributed by atoms with Crippen molar-refractivity contribution in [1.29, 1.82) is 0 Å². The molecule has 0 aromatic heterocycles. The number of ether oxygens (including phenoxy) is 2. The minimum absolute atomic E-state index is 0.0486. The molecule has 0 spiro atoms. The van der Waals surface area contributed by atoms with E-state index in [9.17, 15) is 4.79 Å². The zero-order valence-corrected chi connectivity index (χ0v) is 14.6. The molecule has 122 valence electrons. The van der Waals surface area contributed by atoms with E-state index in [0.717, 1.165) is 16.5 Å². The molecule has 3 aliphatic rings. The third-order valence-corrected chi connectivity index (χ3v) is 6.17. The molecule has 1 aromatic carbocycles. The number of amides is 1. The van der Waals surface area contributed by atoms with Crippen LogP contribution < -0.4 is 14.9 Å². The first-order valence-electron chi connectivity index (χ1n) is 8.02. The molecule has 1 amide bonds. The van der Waals surface area contributed by atoms with Crippen LogP contribution in [-0.2, 0) is 4.79 Å². The normalized spacial score (nSPS) is 31.0. The van der Waals surface area contributed by atoms with E-state index in [0.29, 0.717) is 17.4 Å². The zero-order chi connectivity index (χ0) is 16.0. The highest BCUT2D eigenvalue weighted by molar-refractivity contribution is 9.10. The lowest BCUT2D eigenvalue weighted by atomic mass is 9.90. The largest absolute Gasteiger partial charge is 0.454 e. The van der Waals surface area contributed by atoms with Crippen LogP contribution >= 0.6 is 15.9 Å². The lowest BCUT2D eigenvalue weighted by molar-refractivity contribution is -0.123. The fourth-order valence-corrected chi connectivity index (χ4v) is 4.54. The Bertz CT molecular complexity index is 691. The van der Waals surface area contributed by atoms with Crippen LogP contribution in [0.25, 0.3) is 0 Å². The molecule has 1 N–H and O–H groups in total. The molecular weight excluding hydrogens is 360 g/mol. The van der Waals surface area contributed by atoms with Gasteiger partial charge in [0.15, 0.2) is 11.5 Å². The lowest BCUT2D eigenvalue weighted by Crippen LogP contribution is -2.22. The second-order valence-electron chi connectivity index (χ2n) is 6.80. The Hall–Kier alpha value is -1.56. The van der Waals surface area contributed by atoms with Crippen LogP contribution in [0, 0.1) is 17.3 Å². The van der Waals surface area contributed by atoms with E-state index in [1.54, 1.807) is 6.21 Å². The predicted molar refractivity (Wildman–Crippen MR) is 89.6 cm³/mol. The van der Waals surface area contributed by atoms with Crippen molar-refractivity contribution < 1.29 is 14.3 Å². The van der Waals surface area contributed by atoms with Crippen molar-refractivity contribution in [1.82, 2.24) is 5.43 Å². The molecule has 6 heteroatoms. The smallest absolute Gasteiger partial charge is 0.244 e. The number of nitrogens with one attached hydrogen (secondary N) is 1. The van der Waals surface area contributed by atoms with Gasteiger partial charge in [-0.05, 0) is 52.2 Å². The van der Waals surface area contributed by atoms with E-state index in [1.807, 2.05) is 12.1 Å². The highest BCUT2D eigenvalue weighted by atomic mass is 79.9. The minimum atomic E-state index is 0.0486. The Kier molecular flexibility index (Phi) is 3.59. The van der Waals surface area contributed by atoms with E-state index in [1.165, 1.54) is 19.3 Å². The average molecular weight is 379 g/mol. The quantitative estimate of drug-likeness (QED) is 0.647. The van der Waals surface area contributed by atoms with Gasteiger partial charge in [0.1, 0.15) is 0 Å². The molecule has 3 atom stereocenters. The van der Waals surface area contributed by atoms with Crippen molar-refractivity contribution in [3.8, 4) is 11.5 Å². The van der Waals surface area contributed by atoms with Gasteiger partial charge in [0.25, 0.3) is 0 Å². The third kappa shape index (κ3) is 2.53. The number of fused-ring (bicyclic) bond motifs is 2. The van der Waals surface area contributed by atoms with Crippen LogP contribution in [0.2, 0.25) is 0 Å². The van der Waals surface area contributed by atoms with Crippen molar-refractivity contribution in [3.63, 3.8) is 0 Å². The van der Waals surface area contributed by atoms with E-state index in [4.69, 9.17) is 9.47 Å². The summed E-state index contributed by atoms with van der Waals surface area (Å²) in [6, 6.07) is 3.70. The summed E-state index contributed by atoms with van der Waals surface area (Å²) in [6.45, 7) is 2.47. The fourth-order valence-electron chi connectivity index (χ4n) is 4.12. The number of rotatable bonds is 3. The number of nitrogens with zero attached hydrogens (tertiary/aromatic N) is 1. The van der Waals surface area contributed by atoms with E-state index >= 15 is 0 Å². The van der Waals surface area contributed by atoms with Crippen molar-refractivity contribution >= 4 is 28.1 Å². The molecule has 23 heavy (non-hydrogen) atoms. The molecular formula is C17H19BrN2O3. The van der Waals surface area contributed by atoms with Gasteiger partial charge in [0, 0.05) is 16.0 Å². The number of benzene rings is 1. The number of hydrazone groups is 1. The molecule has 0 saturated heterocycles. The maximum atomic E-state index is 12.4. The van der Waals surface area contributed by atoms with Crippen LogP contribution in [-0.4, -0.2) is 18.9 Å². The first-order chi connectivity index (χ1) is 11.1. The molecule has 0 radical (unpaired) electrons. The van der Waals surface area contributed by atoms with Crippen LogP contribution in [0.4, 0.5) is 0 Å². The van der Waals surface area contributed by atoms with Gasteiger partial charge in [-0.3, -0.25) is 4.79 Å². The molecule has 5 nitrogen and oxygen atoms in total. The first-order valence-corrected chi connectivity index (χ1v) is 8.81. The molecule has 1 aliphatic heterocycles. The van der Waals surface area contributed by atoms with Crippen LogP contribution in [0.3, 0.4) is 0 Å². The summed E-state index contributed by atoms with van der Waals surface area (Å²) in [4.78, 5) is 12.4. The highest BCUT2D eigenvalue weighted by Crippen LogP contribution is 2.66. The van der Waals surface area contributed by atoms with Crippen molar-refractivity contribution in [3.05, 3.63) is 22.2 Å². The molecule has 1 heterocycles. The maximum absolute atomic E-state index is 12.4. The topological polar surface area (TPSA) is 59.9 Å². The number of carbonyl (C=O) groups excluding carboxylic acids is 1. The van der Waals surface area contributed by atoms with Gasteiger partial charge in [-0.2, -0.15) is 5.10 Å². The van der Waals surface area contributed by atoms with Crippen molar-refractivity contribution in [2.24, 2.45) is 22.4 Å². The highest BCUT2D eigenvalue weighted by Gasteiger charge is 2.64. The van der Waals surface area contributed by atoms with Gasteiger partial charge in [-0.25, -0.2) is 5.43 Å². The van der Waals surface area contributed by atoms with Gasteiger partial charge in [-0.1, -0.05) is 19.8 Å². The van der Waals surface area contributed by atoms with E-state index in [2.05, 4.69) is 33.4 Å². The number of hydrogen-bond donors (Lipinski definition) is 1. The average Bonchev–Trinajstić information content (AvgIpc) is 2.91. The summed E-state index contributed by atoms with van der Waals surface area (Å²) in [5.41, 5.74) is 3.75. The molecule has 1 aromatic rings. The van der Waals surface area contributed by atoms with Gasteiger partial charge in [0.2, 0.25) is 12.7 Å². The second kappa shape index (κ2) is 5.51. The maximum Gasteiger partial charge on any atom is 0.244 e. The predicted octanol–water partition coefficient (Wildman–Crippen LogP) is 3.45. The van der Waals surface area contributed by atoms with E-state index < -0.39 is 0 Å². The Morgan fingerprint density at radius 1 is 1.39 bits per heavy atom. The SMILES string of the molecule is CC12CCCCC1C2C(=O)NN=Cc1cc2c(cc1Br)OCO2. The summed E-state index contributed by atoms with van der Waals surface area (Å²) in [5, 5.41) is 4.13. The molecule has 2 aliphatic carbocycles. The summed E-state index contributed by atoms with van der Waals surface area (Å²) in [6.07, 6.45) is 6.46. The summed E-state index contributed by atoms with van der Waals surface area (Å²) in [5.74, 6) is 2.13. The van der Waals surface area contributed by atoms with Gasteiger partial charge in [0.05, 0.1) is 6.21 Å². The van der Waals surface area contributed by atoms with Gasteiger partial charge >= 0.3 is 0 Å². The molecule has 2 fully saturated rings. The third-order valence-electron chi connectivity index (χ3n) is 5.48. The number of carbonyl (C=O) groups is 1. The number of hydrogen-bond acceptors (Lipinski definition) is 4. The Morgan fingerprint density at radius 2 is 2.17 bits per heavy atom. The lowest BCUT2D eigenvalue weighted by Gasteiger charge is -2.15. The second-order valence-corrected chi connectivity index (χ2v) is 7.65. The monoisotopic (exact) mass is 378 g/mol.